The standard InChI is InChI=1S/C20H23FN2O3/c1-14(2)13-26-19-10-15(4-9-18(19)25-3)11-22-12-20(24)23-17-7-5-16(21)6-8-17/h4-10,22H,1,11-13H2,2-3H3,(H,23,24). The van der Waals surface area contributed by atoms with Gasteiger partial charge in [-0.25, -0.2) is 4.39 Å². The van der Waals surface area contributed by atoms with Crippen LogP contribution in [0.25, 0.3) is 0 Å². The van der Waals surface area contributed by atoms with Gasteiger partial charge in [-0.05, 0) is 54.5 Å². The van der Waals surface area contributed by atoms with Crippen LogP contribution in [0.5, 0.6) is 11.5 Å². The molecule has 2 rings (SSSR count). The Morgan fingerprint density at radius 3 is 2.54 bits per heavy atom. The maximum Gasteiger partial charge on any atom is 0.238 e. The van der Waals surface area contributed by atoms with Gasteiger partial charge in [-0.1, -0.05) is 12.6 Å². The van der Waals surface area contributed by atoms with Crippen molar-refractivity contribution in [1.29, 1.82) is 0 Å². The minimum absolute atomic E-state index is 0.130. The van der Waals surface area contributed by atoms with Crippen LogP contribution in [0.3, 0.4) is 0 Å². The van der Waals surface area contributed by atoms with Gasteiger partial charge in [0, 0.05) is 12.2 Å². The third kappa shape index (κ3) is 6.22. The third-order valence-corrected chi connectivity index (χ3v) is 3.44. The van der Waals surface area contributed by atoms with Gasteiger partial charge in [-0.15, -0.1) is 0 Å². The predicted octanol–water partition coefficient (Wildman–Crippen LogP) is 3.52. The lowest BCUT2D eigenvalue weighted by atomic mass is 10.2. The summed E-state index contributed by atoms with van der Waals surface area (Å²) in [6.45, 7) is 6.73. The fourth-order valence-electron chi connectivity index (χ4n) is 2.20. The lowest BCUT2D eigenvalue weighted by molar-refractivity contribution is -0.115. The number of carbonyl (C=O) groups is 1. The smallest absolute Gasteiger partial charge is 0.238 e. The Kier molecular flexibility index (Phi) is 7.17. The van der Waals surface area contributed by atoms with Crippen molar-refractivity contribution in [2.75, 3.05) is 25.6 Å². The molecule has 2 aromatic rings. The zero-order valence-electron chi connectivity index (χ0n) is 15.0. The summed E-state index contributed by atoms with van der Waals surface area (Å²) in [7, 11) is 1.58. The monoisotopic (exact) mass is 358 g/mol. The molecule has 0 radical (unpaired) electrons. The molecule has 6 heteroatoms. The maximum atomic E-state index is 12.9. The zero-order chi connectivity index (χ0) is 18.9. The number of hydrogen-bond donors (Lipinski definition) is 2. The van der Waals surface area contributed by atoms with Gasteiger partial charge in [0.2, 0.25) is 5.91 Å². The van der Waals surface area contributed by atoms with E-state index in [4.69, 9.17) is 9.47 Å². The second-order valence-corrected chi connectivity index (χ2v) is 5.89. The van der Waals surface area contributed by atoms with Crippen molar-refractivity contribution < 1.29 is 18.7 Å². The molecule has 0 saturated heterocycles. The molecule has 0 saturated carbocycles. The minimum Gasteiger partial charge on any atom is -0.493 e. The van der Waals surface area contributed by atoms with Crippen molar-refractivity contribution in [3.63, 3.8) is 0 Å². The molecule has 0 unspecified atom stereocenters. The first-order valence-corrected chi connectivity index (χ1v) is 8.18. The zero-order valence-corrected chi connectivity index (χ0v) is 15.0. The quantitative estimate of drug-likeness (QED) is 0.674. The van der Waals surface area contributed by atoms with Crippen LogP contribution in [-0.4, -0.2) is 26.2 Å². The Labute approximate surface area is 152 Å². The highest BCUT2D eigenvalue weighted by Crippen LogP contribution is 2.28. The number of anilines is 1. The topological polar surface area (TPSA) is 59.6 Å². The van der Waals surface area contributed by atoms with Crippen LogP contribution in [0.4, 0.5) is 10.1 Å². The van der Waals surface area contributed by atoms with Crippen molar-refractivity contribution >= 4 is 11.6 Å². The number of benzene rings is 2. The summed E-state index contributed by atoms with van der Waals surface area (Å²) in [6.07, 6.45) is 0. The van der Waals surface area contributed by atoms with E-state index in [2.05, 4.69) is 17.2 Å². The van der Waals surface area contributed by atoms with E-state index in [0.717, 1.165) is 11.1 Å². The maximum absolute atomic E-state index is 12.9. The van der Waals surface area contributed by atoms with Gasteiger partial charge in [-0.3, -0.25) is 4.79 Å². The summed E-state index contributed by atoms with van der Waals surface area (Å²) in [6, 6.07) is 11.2. The molecule has 5 nitrogen and oxygen atoms in total. The van der Waals surface area contributed by atoms with Crippen LogP contribution >= 0.6 is 0 Å². The molecule has 2 N–H and O–H groups in total. The fourth-order valence-corrected chi connectivity index (χ4v) is 2.20. The molecule has 0 aliphatic carbocycles. The average Bonchev–Trinajstić information content (AvgIpc) is 2.62. The molecule has 1 amide bonds. The molecular formula is C20H23FN2O3. The van der Waals surface area contributed by atoms with Crippen molar-refractivity contribution in [3.8, 4) is 11.5 Å². The van der Waals surface area contributed by atoms with Gasteiger partial charge in [0.15, 0.2) is 11.5 Å². The SMILES string of the molecule is C=C(C)COc1cc(CNCC(=O)Nc2ccc(F)cc2)ccc1OC. The molecule has 0 aliphatic rings. The number of methoxy groups -OCH3 is 1. The van der Waals surface area contributed by atoms with Gasteiger partial charge in [-0.2, -0.15) is 0 Å². The van der Waals surface area contributed by atoms with E-state index in [1.807, 2.05) is 25.1 Å². The van der Waals surface area contributed by atoms with Crippen LogP contribution in [-0.2, 0) is 11.3 Å². The van der Waals surface area contributed by atoms with Crippen molar-refractivity contribution in [1.82, 2.24) is 5.32 Å². The molecule has 0 aliphatic heterocycles. The van der Waals surface area contributed by atoms with Crippen LogP contribution in [0.1, 0.15) is 12.5 Å². The van der Waals surface area contributed by atoms with Crippen LogP contribution < -0.4 is 20.1 Å². The van der Waals surface area contributed by atoms with Crippen molar-refractivity contribution in [3.05, 3.63) is 66.0 Å². The first-order valence-electron chi connectivity index (χ1n) is 8.18. The Morgan fingerprint density at radius 2 is 1.88 bits per heavy atom. The molecule has 26 heavy (non-hydrogen) atoms. The highest BCUT2D eigenvalue weighted by Gasteiger charge is 2.07. The molecule has 138 valence electrons. The second kappa shape index (κ2) is 9.58. The summed E-state index contributed by atoms with van der Waals surface area (Å²) >= 11 is 0. The number of rotatable bonds is 9. The van der Waals surface area contributed by atoms with Gasteiger partial charge in [0.1, 0.15) is 12.4 Å². The van der Waals surface area contributed by atoms with Gasteiger partial charge in [0.25, 0.3) is 0 Å². The van der Waals surface area contributed by atoms with E-state index in [1.165, 1.54) is 24.3 Å². The highest BCUT2D eigenvalue weighted by atomic mass is 19.1. The van der Waals surface area contributed by atoms with Crippen molar-refractivity contribution in [2.45, 2.75) is 13.5 Å². The first-order chi connectivity index (χ1) is 12.5. The predicted molar refractivity (Wildman–Crippen MR) is 100 cm³/mol. The van der Waals surface area contributed by atoms with Crippen molar-refractivity contribution in [2.24, 2.45) is 0 Å². The van der Waals surface area contributed by atoms with Gasteiger partial charge in [0.05, 0.1) is 13.7 Å². The summed E-state index contributed by atoms with van der Waals surface area (Å²) in [5.74, 6) is 0.726. The Bertz CT molecular complexity index is 760. The number of halogens is 1. The third-order valence-electron chi connectivity index (χ3n) is 3.44. The number of amides is 1. The summed E-state index contributed by atoms with van der Waals surface area (Å²) < 4.78 is 23.8. The lowest BCUT2D eigenvalue weighted by Gasteiger charge is -2.13. The molecular weight excluding hydrogens is 335 g/mol. The molecule has 0 fully saturated rings. The van der Waals surface area contributed by atoms with Crippen LogP contribution in [0, 0.1) is 5.82 Å². The molecule has 0 heterocycles. The molecule has 0 aromatic heterocycles. The molecule has 0 spiro atoms. The van der Waals surface area contributed by atoms with E-state index in [0.29, 0.717) is 30.3 Å². The van der Waals surface area contributed by atoms with E-state index in [9.17, 15) is 9.18 Å². The molecule has 0 atom stereocenters. The van der Waals surface area contributed by atoms with Crippen LogP contribution in [0.2, 0.25) is 0 Å². The fraction of sp³-hybridized carbons (Fsp3) is 0.250. The Hall–Kier alpha value is -2.86. The van der Waals surface area contributed by atoms with Gasteiger partial charge >= 0.3 is 0 Å². The average molecular weight is 358 g/mol. The highest BCUT2D eigenvalue weighted by molar-refractivity contribution is 5.92. The Balaban J connectivity index is 1.86. The van der Waals surface area contributed by atoms with Gasteiger partial charge < -0.3 is 20.1 Å². The number of hydrogen-bond acceptors (Lipinski definition) is 4. The normalized spacial score (nSPS) is 10.3. The number of carbonyl (C=O) groups excluding carboxylic acids is 1. The summed E-state index contributed by atoms with van der Waals surface area (Å²) in [5.41, 5.74) is 2.42. The number of nitrogens with one attached hydrogen (secondary N) is 2. The molecule has 2 aromatic carbocycles. The largest absolute Gasteiger partial charge is 0.493 e. The summed E-state index contributed by atoms with van der Waals surface area (Å²) in [4.78, 5) is 11.9. The first kappa shape index (κ1) is 19.5. The lowest BCUT2D eigenvalue weighted by Crippen LogP contribution is -2.27. The number of ether oxygens (including phenoxy) is 2. The van der Waals surface area contributed by atoms with E-state index < -0.39 is 0 Å². The van der Waals surface area contributed by atoms with Crippen LogP contribution in [0.15, 0.2) is 54.6 Å². The minimum atomic E-state index is -0.342. The summed E-state index contributed by atoms with van der Waals surface area (Å²) in [5, 5.41) is 5.76. The van der Waals surface area contributed by atoms with E-state index in [-0.39, 0.29) is 18.3 Å². The molecule has 0 bridgehead atoms. The van der Waals surface area contributed by atoms with E-state index in [1.54, 1.807) is 7.11 Å². The Morgan fingerprint density at radius 1 is 1.15 bits per heavy atom. The second-order valence-electron chi connectivity index (χ2n) is 5.89. The van der Waals surface area contributed by atoms with E-state index >= 15 is 0 Å².